The summed E-state index contributed by atoms with van der Waals surface area (Å²) in [5.41, 5.74) is 7.86. The van der Waals surface area contributed by atoms with Gasteiger partial charge in [0.05, 0.1) is 16.3 Å². The van der Waals surface area contributed by atoms with Crippen LogP contribution in [0.5, 0.6) is 0 Å². The molecule has 1 heterocycles. The molecular weight excluding hydrogens is 405 g/mol. The average molecular weight is 432 g/mol. The van der Waals surface area contributed by atoms with Crippen molar-refractivity contribution in [2.24, 2.45) is 5.10 Å². The maximum Gasteiger partial charge on any atom is 0.271 e. The van der Waals surface area contributed by atoms with Crippen LogP contribution in [0.4, 0.5) is 5.69 Å². The number of hydrogen-bond acceptors (Lipinski definition) is 3. The van der Waals surface area contributed by atoms with E-state index >= 15 is 0 Å². The summed E-state index contributed by atoms with van der Waals surface area (Å²) < 4.78 is 0. The van der Waals surface area contributed by atoms with Gasteiger partial charge in [-0.05, 0) is 87.1 Å². The Morgan fingerprint density at radius 2 is 2.00 bits per heavy atom. The van der Waals surface area contributed by atoms with Crippen LogP contribution in [0.25, 0.3) is 0 Å². The average Bonchev–Trinajstić information content (AvgIpc) is 2.64. The molecule has 0 aromatic heterocycles. The molecule has 29 heavy (non-hydrogen) atoms. The van der Waals surface area contributed by atoms with E-state index in [1.165, 1.54) is 17.3 Å². The molecule has 0 spiro atoms. The van der Waals surface area contributed by atoms with Gasteiger partial charge in [-0.2, -0.15) is 5.10 Å². The topological polar surface area (TPSA) is 44.7 Å². The zero-order valence-electron chi connectivity index (χ0n) is 17.5. The van der Waals surface area contributed by atoms with Gasteiger partial charge in [0, 0.05) is 23.3 Å². The second-order valence-electron chi connectivity index (χ2n) is 8.26. The predicted molar refractivity (Wildman–Crippen MR) is 123 cm³/mol. The predicted octanol–water partition coefficient (Wildman–Crippen LogP) is 6.18. The number of nitrogens with one attached hydrogen (secondary N) is 1. The molecular formula is C23H27Cl2N3O. The summed E-state index contributed by atoms with van der Waals surface area (Å²) in [5, 5.41) is 4.91. The standard InChI is InChI=1S/C23H27Cl2N3O/c1-6-28-21-9-14(2)17(10-18(21)15(3)12-23(28,4)5)13-26-27-22(29)16-7-8-19(24)20(25)11-16/h7-11,13,15H,6,12H2,1-5H3,(H,27,29)/b26-13-. The lowest BCUT2D eigenvalue weighted by Crippen LogP contribution is -2.48. The lowest BCUT2D eigenvalue weighted by atomic mass is 9.79. The van der Waals surface area contributed by atoms with Crippen LogP contribution in [0, 0.1) is 6.92 Å². The quantitative estimate of drug-likeness (QED) is 0.463. The number of aryl methyl sites for hydroxylation is 1. The fourth-order valence-electron chi connectivity index (χ4n) is 4.25. The molecule has 0 saturated carbocycles. The first-order valence-corrected chi connectivity index (χ1v) is 10.6. The summed E-state index contributed by atoms with van der Waals surface area (Å²) in [4.78, 5) is 14.8. The second-order valence-corrected chi connectivity index (χ2v) is 9.07. The van der Waals surface area contributed by atoms with Gasteiger partial charge < -0.3 is 4.90 Å². The van der Waals surface area contributed by atoms with Crippen LogP contribution in [0.15, 0.2) is 35.4 Å². The molecule has 0 fully saturated rings. The van der Waals surface area contributed by atoms with E-state index in [1.807, 2.05) is 0 Å². The first-order valence-electron chi connectivity index (χ1n) is 9.84. The van der Waals surface area contributed by atoms with Gasteiger partial charge in [-0.25, -0.2) is 5.43 Å². The Kier molecular flexibility index (Phi) is 6.25. The SMILES string of the molecule is CCN1c2cc(C)c(/C=N\NC(=O)c3ccc(Cl)c(Cl)c3)cc2C(C)CC1(C)C. The highest BCUT2D eigenvalue weighted by Gasteiger charge is 2.35. The van der Waals surface area contributed by atoms with Crippen LogP contribution < -0.4 is 10.3 Å². The summed E-state index contributed by atoms with van der Waals surface area (Å²) in [5.74, 6) is 0.129. The van der Waals surface area contributed by atoms with Gasteiger partial charge in [0.25, 0.3) is 5.91 Å². The zero-order valence-corrected chi connectivity index (χ0v) is 19.0. The fourth-order valence-corrected chi connectivity index (χ4v) is 4.55. The van der Waals surface area contributed by atoms with Crippen molar-refractivity contribution < 1.29 is 4.79 Å². The van der Waals surface area contributed by atoms with Crippen LogP contribution in [-0.2, 0) is 0 Å². The summed E-state index contributed by atoms with van der Waals surface area (Å²) in [6.07, 6.45) is 2.80. The number of fused-ring (bicyclic) bond motifs is 1. The van der Waals surface area contributed by atoms with Crippen molar-refractivity contribution in [1.29, 1.82) is 0 Å². The Labute approximate surface area is 182 Å². The maximum absolute atomic E-state index is 12.3. The van der Waals surface area contributed by atoms with E-state index < -0.39 is 0 Å². The van der Waals surface area contributed by atoms with Crippen LogP contribution in [-0.4, -0.2) is 24.2 Å². The molecule has 1 amide bonds. The third kappa shape index (κ3) is 4.44. The van der Waals surface area contributed by atoms with Crippen molar-refractivity contribution in [1.82, 2.24) is 5.43 Å². The lowest BCUT2D eigenvalue weighted by molar-refractivity contribution is 0.0955. The Balaban J connectivity index is 1.82. The first-order chi connectivity index (χ1) is 13.6. The number of hydrogen-bond donors (Lipinski definition) is 1. The molecule has 0 aliphatic carbocycles. The van der Waals surface area contributed by atoms with Gasteiger partial charge in [0.15, 0.2) is 0 Å². The molecule has 2 aromatic carbocycles. The molecule has 0 bridgehead atoms. The van der Waals surface area contributed by atoms with E-state index in [-0.39, 0.29) is 11.4 Å². The minimum absolute atomic E-state index is 0.136. The molecule has 4 nitrogen and oxygen atoms in total. The number of anilines is 1. The molecule has 1 N–H and O–H groups in total. The Morgan fingerprint density at radius 1 is 1.28 bits per heavy atom. The number of hydrazone groups is 1. The molecule has 154 valence electrons. The van der Waals surface area contributed by atoms with Gasteiger partial charge in [-0.1, -0.05) is 30.1 Å². The van der Waals surface area contributed by atoms with Crippen molar-refractivity contribution in [3.05, 3.63) is 62.6 Å². The van der Waals surface area contributed by atoms with Gasteiger partial charge in [0.2, 0.25) is 0 Å². The van der Waals surface area contributed by atoms with Crippen molar-refractivity contribution in [3.8, 4) is 0 Å². The monoisotopic (exact) mass is 431 g/mol. The number of carbonyl (C=O) groups excluding carboxylic acids is 1. The minimum Gasteiger partial charge on any atom is -0.366 e. The van der Waals surface area contributed by atoms with E-state index in [0.29, 0.717) is 21.5 Å². The molecule has 0 radical (unpaired) electrons. The molecule has 1 unspecified atom stereocenters. The lowest BCUT2D eigenvalue weighted by Gasteiger charge is -2.47. The Hall–Kier alpha value is -2.04. The van der Waals surface area contributed by atoms with Crippen molar-refractivity contribution in [2.45, 2.75) is 52.5 Å². The summed E-state index contributed by atoms with van der Waals surface area (Å²) >= 11 is 11.9. The molecule has 1 aliphatic heterocycles. The molecule has 3 rings (SSSR count). The maximum atomic E-state index is 12.3. The molecule has 2 aromatic rings. The number of rotatable bonds is 4. The number of amides is 1. The molecule has 1 atom stereocenters. The number of halogens is 2. The summed E-state index contributed by atoms with van der Waals surface area (Å²) in [6, 6.07) is 9.17. The third-order valence-electron chi connectivity index (χ3n) is 5.64. The van der Waals surface area contributed by atoms with Crippen LogP contribution in [0.3, 0.4) is 0 Å². The van der Waals surface area contributed by atoms with E-state index in [0.717, 1.165) is 24.1 Å². The third-order valence-corrected chi connectivity index (χ3v) is 6.38. The first kappa shape index (κ1) is 21.7. The van der Waals surface area contributed by atoms with Crippen molar-refractivity contribution >= 4 is 41.0 Å². The van der Waals surface area contributed by atoms with Crippen molar-refractivity contribution in [3.63, 3.8) is 0 Å². The zero-order chi connectivity index (χ0) is 21.3. The van der Waals surface area contributed by atoms with Crippen LogP contribution >= 0.6 is 23.2 Å². The Bertz CT molecular complexity index is 969. The van der Waals surface area contributed by atoms with Crippen LogP contribution in [0.2, 0.25) is 10.0 Å². The van der Waals surface area contributed by atoms with E-state index in [9.17, 15) is 4.79 Å². The molecule has 6 heteroatoms. The summed E-state index contributed by atoms with van der Waals surface area (Å²) in [6.45, 7) is 12.1. The van der Waals surface area contributed by atoms with E-state index in [1.54, 1.807) is 18.3 Å². The van der Waals surface area contributed by atoms with Gasteiger partial charge in [-0.15, -0.1) is 0 Å². The van der Waals surface area contributed by atoms with E-state index in [4.69, 9.17) is 23.2 Å². The van der Waals surface area contributed by atoms with Crippen LogP contribution in [0.1, 0.15) is 67.1 Å². The highest BCUT2D eigenvalue weighted by molar-refractivity contribution is 6.42. The fraction of sp³-hybridized carbons (Fsp3) is 0.391. The van der Waals surface area contributed by atoms with E-state index in [2.05, 4.69) is 62.2 Å². The number of nitrogens with zero attached hydrogens (tertiary/aromatic N) is 2. The Morgan fingerprint density at radius 3 is 2.66 bits per heavy atom. The molecule has 1 aliphatic rings. The number of carbonyl (C=O) groups is 1. The smallest absolute Gasteiger partial charge is 0.271 e. The largest absolute Gasteiger partial charge is 0.366 e. The van der Waals surface area contributed by atoms with Crippen molar-refractivity contribution in [2.75, 3.05) is 11.4 Å². The van der Waals surface area contributed by atoms with Gasteiger partial charge in [-0.3, -0.25) is 4.79 Å². The van der Waals surface area contributed by atoms with Gasteiger partial charge in [0.1, 0.15) is 0 Å². The minimum atomic E-state index is -0.331. The summed E-state index contributed by atoms with van der Waals surface area (Å²) in [7, 11) is 0. The molecule has 0 saturated heterocycles. The highest BCUT2D eigenvalue weighted by Crippen LogP contribution is 2.44. The second kappa shape index (κ2) is 8.37. The highest BCUT2D eigenvalue weighted by atomic mass is 35.5. The normalized spacial score (nSPS) is 18.0. The van der Waals surface area contributed by atoms with Gasteiger partial charge >= 0.3 is 0 Å². The number of benzene rings is 2.